The number of aromatic nitrogens is 1. The van der Waals surface area contributed by atoms with E-state index in [0.29, 0.717) is 23.2 Å². The normalized spacial score (nSPS) is 9.83. The third-order valence-electron chi connectivity index (χ3n) is 1.33. The number of methoxy groups -OCH3 is 1. The van der Waals surface area contributed by atoms with Gasteiger partial charge in [0.2, 0.25) is 0 Å². The highest BCUT2D eigenvalue weighted by Crippen LogP contribution is 2.11. The Morgan fingerprint density at radius 3 is 3.08 bits per heavy atom. The van der Waals surface area contributed by atoms with E-state index < -0.39 is 0 Å². The minimum atomic E-state index is -0.248. The first kappa shape index (κ1) is 9.25. The van der Waals surface area contributed by atoms with E-state index in [9.17, 15) is 4.79 Å². The molecule has 0 bridgehead atoms. The maximum Gasteiger partial charge on any atom is 0.305 e. The summed E-state index contributed by atoms with van der Waals surface area (Å²) in [6.45, 7) is 0. The topological polar surface area (TPSA) is 52.3 Å². The lowest BCUT2D eigenvalue weighted by Crippen LogP contribution is -2.01. The lowest BCUT2D eigenvalue weighted by molar-refractivity contribution is -0.140. The Hall–Kier alpha value is -0.840. The van der Waals surface area contributed by atoms with Gasteiger partial charge in [0.25, 0.3) is 0 Å². The van der Waals surface area contributed by atoms with Gasteiger partial charge in [0, 0.05) is 12.5 Å². The molecule has 1 aromatic heterocycles. The summed E-state index contributed by atoms with van der Waals surface area (Å²) in [5, 5.41) is 3.61. The number of halogens is 1. The van der Waals surface area contributed by atoms with Crippen LogP contribution >= 0.6 is 15.9 Å². The van der Waals surface area contributed by atoms with Crippen molar-refractivity contribution in [2.75, 3.05) is 7.11 Å². The van der Waals surface area contributed by atoms with Crippen molar-refractivity contribution in [3.05, 3.63) is 16.4 Å². The van der Waals surface area contributed by atoms with Gasteiger partial charge in [-0.2, -0.15) is 0 Å². The molecule has 0 aromatic carbocycles. The highest BCUT2D eigenvalue weighted by Gasteiger charge is 2.05. The summed E-state index contributed by atoms with van der Waals surface area (Å²) in [4.78, 5) is 10.7. The first-order chi connectivity index (χ1) is 5.72. The maximum atomic E-state index is 10.7. The molecule has 0 N–H and O–H groups in total. The van der Waals surface area contributed by atoms with Crippen LogP contribution in [0.25, 0.3) is 0 Å². The number of esters is 1. The first-order valence-corrected chi connectivity index (χ1v) is 4.19. The zero-order valence-corrected chi connectivity index (χ0v) is 8.13. The second-order valence-corrected chi connectivity index (χ2v) is 3.00. The van der Waals surface area contributed by atoms with Gasteiger partial charge >= 0.3 is 5.97 Å². The molecule has 1 rings (SSSR count). The van der Waals surface area contributed by atoms with Crippen molar-refractivity contribution in [3.8, 4) is 0 Å². The molecule has 0 aliphatic carbocycles. The van der Waals surface area contributed by atoms with Gasteiger partial charge in [0.15, 0.2) is 0 Å². The van der Waals surface area contributed by atoms with E-state index in [1.807, 2.05) is 0 Å². The molecule has 1 aromatic rings. The van der Waals surface area contributed by atoms with E-state index in [1.54, 1.807) is 6.07 Å². The van der Waals surface area contributed by atoms with Crippen LogP contribution < -0.4 is 0 Å². The van der Waals surface area contributed by atoms with Crippen LogP contribution in [0.4, 0.5) is 0 Å². The Labute approximate surface area is 78.0 Å². The number of carbonyl (C=O) groups excluding carboxylic acids is 1. The molecule has 12 heavy (non-hydrogen) atoms. The molecular weight excluding hydrogens is 226 g/mol. The second kappa shape index (κ2) is 4.25. The number of ether oxygens (including phenoxy) is 1. The number of hydrogen-bond donors (Lipinski definition) is 0. The zero-order chi connectivity index (χ0) is 8.97. The summed E-state index contributed by atoms with van der Waals surface area (Å²) >= 11 is 3.14. The predicted molar refractivity (Wildman–Crippen MR) is 44.5 cm³/mol. The van der Waals surface area contributed by atoms with Gasteiger partial charge in [-0.15, -0.1) is 0 Å². The molecule has 1 heterocycles. The van der Waals surface area contributed by atoms with E-state index in [-0.39, 0.29) is 5.97 Å². The zero-order valence-electron chi connectivity index (χ0n) is 6.54. The molecule has 5 heteroatoms. The third kappa shape index (κ3) is 2.65. The number of hydrogen-bond acceptors (Lipinski definition) is 4. The van der Waals surface area contributed by atoms with E-state index in [0.717, 1.165) is 0 Å². The van der Waals surface area contributed by atoms with Crippen molar-refractivity contribution >= 4 is 21.9 Å². The van der Waals surface area contributed by atoms with Gasteiger partial charge in [-0.3, -0.25) is 4.79 Å². The largest absolute Gasteiger partial charge is 0.469 e. The van der Waals surface area contributed by atoms with Crippen LogP contribution in [-0.4, -0.2) is 18.2 Å². The molecule has 0 saturated carbocycles. The minimum Gasteiger partial charge on any atom is -0.469 e. The van der Waals surface area contributed by atoms with E-state index >= 15 is 0 Å². The Kier molecular flexibility index (Phi) is 3.28. The van der Waals surface area contributed by atoms with Crippen LogP contribution in [0.2, 0.25) is 0 Å². The summed E-state index contributed by atoms with van der Waals surface area (Å²) in [6.07, 6.45) is 0.837. The molecular formula is C7H8BrNO3. The molecule has 0 saturated heterocycles. The summed E-state index contributed by atoms with van der Waals surface area (Å²) in [6, 6.07) is 1.73. The Morgan fingerprint density at radius 2 is 2.58 bits per heavy atom. The number of aryl methyl sites for hydroxylation is 1. The number of carbonyl (C=O) groups is 1. The SMILES string of the molecule is COC(=O)CCc1cc(Br)no1. The molecule has 0 fully saturated rings. The second-order valence-electron chi connectivity index (χ2n) is 2.19. The Balaban J connectivity index is 2.38. The summed E-state index contributed by atoms with van der Waals surface area (Å²) in [5.41, 5.74) is 0. The smallest absolute Gasteiger partial charge is 0.305 e. The molecule has 0 amide bonds. The van der Waals surface area contributed by atoms with Gasteiger partial charge in [-0.1, -0.05) is 5.16 Å². The van der Waals surface area contributed by atoms with Crippen LogP contribution in [0.1, 0.15) is 12.2 Å². The number of nitrogens with zero attached hydrogens (tertiary/aromatic N) is 1. The molecule has 0 aliphatic rings. The van der Waals surface area contributed by atoms with Crippen LogP contribution in [0, 0.1) is 0 Å². The average Bonchev–Trinajstić information content (AvgIpc) is 2.47. The van der Waals surface area contributed by atoms with Gasteiger partial charge < -0.3 is 9.26 Å². The maximum absolute atomic E-state index is 10.7. The molecule has 0 atom stereocenters. The number of rotatable bonds is 3. The van der Waals surface area contributed by atoms with Crippen molar-refractivity contribution in [1.29, 1.82) is 0 Å². The molecule has 4 nitrogen and oxygen atoms in total. The predicted octanol–water partition coefficient (Wildman–Crippen LogP) is 1.54. The molecule has 66 valence electrons. The lowest BCUT2D eigenvalue weighted by Gasteiger charge is -1.94. The highest BCUT2D eigenvalue weighted by molar-refractivity contribution is 9.10. The average molecular weight is 234 g/mol. The summed E-state index contributed by atoms with van der Waals surface area (Å²) < 4.78 is 9.96. The Bertz CT molecular complexity index is 271. The van der Waals surface area contributed by atoms with E-state index in [1.165, 1.54) is 7.11 Å². The first-order valence-electron chi connectivity index (χ1n) is 3.40. The van der Waals surface area contributed by atoms with E-state index in [2.05, 4.69) is 25.8 Å². The fraction of sp³-hybridized carbons (Fsp3) is 0.429. The van der Waals surface area contributed by atoms with E-state index in [4.69, 9.17) is 4.52 Å². The molecule has 0 spiro atoms. The fourth-order valence-corrected chi connectivity index (χ4v) is 1.06. The molecule has 0 radical (unpaired) electrons. The van der Waals surface area contributed by atoms with Gasteiger partial charge in [-0.05, 0) is 15.9 Å². The Morgan fingerprint density at radius 1 is 1.83 bits per heavy atom. The minimum absolute atomic E-state index is 0.248. The summed E-state index contributed by atoms with van der Waals surface area (Å²) in [7, 11) is 1.36. The van der Waals surface area contributed by atoms with Crippen molar-refractivity contribution in [3.63, 3.8) is 0 Å². The standard InChI is InChI=1S/C7H8BrNO3/c1-11-7(10)3-2-5-4-6(8)9-12-5/h4H,2-3H2,1H3. The van der Waals surface area contributed by atoms with Gasteiger partial charge in [0.05, 0.1) is 13.5 Å². The van der Waals surface area contributed by atoms with Crippen molar-refractivity contribution in [1.82, 2.24) is 5.16 Å². The quantitative estimate of drug-likeness (QED) is 0.744. The van der Waals surface area contributed by atoms with Crippen molar-refractivity contribution < 1.29 is 14.1 Å². The van der Waals surface area contributed by atoms with Gasteiger partial charge in [0.1, 0.15) is 10.4 Å². The monoisotopic (exact) mass is 233 g/mol. The van der Waals surface area contributed by atoms with Crippen molar-refractivity contribution in [2.24, 2.45) is 0 Å². The molecule has 0 unspecified atom stereocenters. The lowest BCUT2D eigenvalue weighted by atomic mass is 10.2. The summed E-state index contributed by atoms with van der Waals surface area (Å²) in [5.74, 6) is 0.426. The molecule has 0 aliphatic heterocycles. The van der Waals surface area contributed by atoms with Gasteiger partial charge in [-0.25, -0.2) is 0 Å². The van der Waals surface area contributed by atoms with Crippen LogP contribution in [0.3, 0.4) is 0 Å². The van der Waals surface area contributed by atoms with Crippen molar-refractivity contribution in [2.45, 2.75) is 12.8 Å². The van der Waals surface area contributed by atoms with Crippen LogP contribution in [0.5, 0.6) is 0 Å². The van der Waals surface area contributed by atoms with Crippen LogP contribution in [-0.2, 0) is 16.0 Å². The van der Waals surface area contributed by atoms with Crippen LogP contribution in [0.15, 0.2) is 15.2 Å². The third-order valence-corrected chi connectivity index (χ3v) is 1.71. The highest BCUT2D eigenvalue weighted by atomic mass is 79.9. The fourth-order valence-electron chi connectivity index (χ4n) is 0.733.